The summed E-state index contributed by atoms with van der Waals surface area (Å²) in [4.78, 5) is 0. The summed E-state index contributed by atoms with van der Waals surface area (Å²) in [5.74, 6) is 0.784. The maximum atomic E-state index is 11.0. The van der Waals surface area contributed by atoms with Gasteiger partial charge in [0.15, 0.2) is 0 Å². The molecule has 1 nitrogen and oxygen atoms in total. The van der Waals surface area contributed by atoms with E-state index in [1.54, 1.807) is 0 Å². The van der Waals surface area contributed by atoms with Crippen LogP contribution in [0.25, 0.3) is 0 Å². The lowest BCUT2D eigenvalue weighted by atomic mass is 9.63. The fourth-order valence-corrected chi connectivity index (χ4v) is 7.33. The van der Waals surface area contributed by atoms with Crippen molar-refractivity contribution < 1.29 is 5.11 Å². The highest BCUT2D eigenvalue weighted by Gasteiger charge is 2.38. The Hall–Kier alpha value is -0.0400. The van der Waals surface area contributed by atoms with Crippen molar-refractivity contribution in [2.75, 3.05) is 0 Å². The lowest BCUT2D eigenvalue weighted by Crippen LogP contribution is -2.36. The molecular weight excluding hydrogens is 448 g/mol. The van der Waals surface area contributed by atoms with E-state index < -0.39 is 0 Å². The molecule has 0 aromatic heterocycles. The van der Waals surface area contributed by atoms with Crippen molar-refractivity contribution in [3.63, 3.8) is 0 Å². The van der Waals surface area contributed by atoms with Gasteiger partial charge in [0, 0.05) is 0 Å². The summed E-state index contributed by atoms with van der Waals surface area (Å²) in [5.41, 5.74) is 0.451. The van der Waals surface area contributed by atoms with E-state index >= 15 is 0 Å². The molecular formula is C36H72O. The van der Waals surface area contributed by atoms with Crippen LogP contribution < -0.4 is 0 Å². The maximum Gasteiger partial charge on any atom is 0.0548 e. The third kappa shape index (κ3) is 19.6. The van der Waals surface area contributed by atoms with Crippen LogP contribution in [0.4, 0.5) is 0 Å². The van der Waals surface area contributed by atoms with Gasteiger partial charge in [0.1, 0.15) is 0 Å². The third-order valence-corrected chi connectivity index (χ3v) is 9.58. The zero-order chi connectivity index (χ0) is 26.9. The highest BCUT2D eigenvalue weighted by molar-refractivity contribution is 4.90. The van der Waals surface area contributed by atoms with E-state index in [1.165, 1.54) is 180 Å². The summed E-state index contributed by atoms with van der Waals surface area (Å²) < 4.78 is 0. The first-order chi connectivity index (χ1) is 18.2. The SMILES string of the molecule is CCCCCCCCCCC1CC(O)CC(CCCCCCCCCC)(CCCCCCCCCC)C1. The molecule has 222 valence electrons. The zero-order valence-electron chi connectivity index (χ0n) is 26.3. The highest BCUT2D eigenvalue weighted by atomic mass is 16.3. The highest BCUT2D eigenvalue weighted by Crippen LogP contribution is 2.48. The Balaban J connectivity index is 2.43. The predicted molar refractivity (Wildman–Crippen MR) is 167 cm³/mol. The van der Waals surface area contributed by atoms with Gasteiger partial charge in [-0.2, -0.15) is 0 Å². The van der Waals surface area contributed by atoms with Crippen LogP contribution in [0, 0.1) is 11.3 Å². The average molecular weight is 521 g/mol. The van der Waals surface area contributed by atoms with Crippen LogP contribution in [-0.4, -0.2) is 11.2 Å². The van der Waals surface area contributed by atoms with Crippen molar-refractivity contribution in [3.8, 4) is 0 Å². The Kier molecular flexibility index (Phi) is 23.6. The molecule has 0 saturated heterocycles. The summed E-state index contributed by atoms with van der Waals surface area (Å²) in [6, 6.07) is 0. The van der Waals surface area contributed by atoms with Crippen LogP contribution in [0.2, 0.25) is 0 Å². The molecule has 37 heavy (non-hydrogen) atoms. The molecule has 1 N–H and O–H groups in total. The Morgan fingerprint density at radius 1 is 0.459 bits per heavy atom. The van der Waals surface area contributed by atoms with Gasteiger partial charge in [0.05, 0.1) is 6.10 Å². The van der Waals surface area contributed by atoms with Gasteiger partial charge in [-0.1, -0.05) is 181 Å². The fraction of sp³-hybridized carbons (Fsp3) is 1.00. The molecule has 1 fully saturated rings. The van der Waals surface area contributed by atoms with E-state index in [1.807, 2.05) is 0 Å². The van der Waals surface area contributed by atoms with Crippen LogP contribution in [0.5, 0.6) is 0 Å². The lowest BCUT2D eigenvalue weighted by Gasteiger charge is -2.44. The zero-order valence-corrected chi connectivity index (χ0v) is 26.3. The molecule has 2 unspecified atom stereocenters. The Labute approximate surface area is 235 Å². The van der Waals surface area contributed by atoms with Crippen molar-refractivity contribution in [3.05, 3.63) is 0 Å². The van der Waals surface area contributed by atoms with E-state index in [0.29, 0.717) is 5.41 Å². The topological polar surface area (TPSA) is 20.2 Å². The average Bonchev–Trinajstić information content (AvgIpc) is 2.88. The molecule has 1 aliphatic carbocycles. The maximum absolute atomic E-state index is 11.0. The number of hydrogen-bond acceptors (Lipinski definition) is 1. The quantitative estimate of drug-likeness (QED) is 0.107. The molecule has 0 amide bonds. The monoisotopic (exact) mass is 521 g/mol. The van der Waals surface area contributed by atoms with Crippen molar-refractivity contribution in [1.29, 1.82) is 0 Å². The van der Waals surface area contributed by atoms with E-state index in [-0.39, 0.29) is 6.10 Å². The molecule has 0 aliphatic heterocycles. The largest absolute Gasteiger partial charge is 0.393 e. The van der Waals surface area contributed by atoms with Gasteiger partial charge in [-0.15, -0.1) is 0 Å². The van der Waals surface area contributed by atoms with Gasteiger partial charge in [-0.3, -0.25) is 0 Å². The molecule has 2 atom stereocenters. The molecule has 1 rings (SSSR count). The second-order valence-corrected chi connectivity index (χ2v) is 13.4. The van der Waals surface area contributed by atoms with Crippen LogP contribution in [0.1, 0.15) is 213 Å². The van der Waals surface area contributed by atoms with Crippen LogP contribution in [0.15, 0.2) is 0 Å². The number of rotatable bonds is 27. The first kappa shape index (κ1) is 35.0. The molecule has 0 aromatic rings. The fourth-order valence-electron chi connectivity index (χ4n) is 7.33. The molecule has 0 aromatic carbocycles. The van der Waals surface area contributed by atoms with Crippen LogP contribution in [0.3, 0.4) is 0 Å². The van der Waals surface area contributed by atoms with E-state index in [4.69, 9.17) is 0 Å². The van der Waals surface area contributed by atoms with Crippen molar-refractivity contribution in [2.45, 2.75) is 219 Å². The van der Waals surface area contributed by atoms with E-state index in [2.05, 4.69) is 20.8 Å². The number of aliphatic hydroxyl groups is 1. The van der Waals surface area contributed by atoms with Crippen LogP contribution in [-0.2, 0) is 0 Å². The number of hydrogen-bond donors (Lipinski definition) is 1. The lowest BCUT2D eigenvalue weighted by molar-refractivity contribution is -0.000164. The second-order valence-electron chi connectivity index (χ2n) is 13.4. The van der Waals surface area contributed by atoms with Crippen molar-refractivity contribution in [1.82, 2.24) is 0 Å². The minimum atomic E-state index is -0.0316. The first-order valence-corrected chi connectivity index (χ1v) is 17.8. The standard InChI is InChI=1S/C36H72O/c1-4-7-10-13-16-19-22-25-28-34-31-35(37)33-36(32-34,29-26-23-20-17-14-11-8-5-2)30-27-24-21-18-15-12-9-6-3/h34-35,37H,4-33H2,1-3H3. The van der Waals surface area contributed by atoms with E-state index in [9.17, 15) is 5.11 Å². The molecule has 1 aliphatic rings. The van der Waals surface area contributed by atoms with Gasteiger partial charge in [-0.05, 0) is 43.4 Å². The Bertz CT molecular complexity index is 438. The summed E-state index contributed by atoms with van der Waals surface area (Å²) in [5, 5.41) is 11.0. The van der Waals surface area contributed by atoms with E-state index in [0.717, 1.165) is 18.8 Å². The number of aliphatic hydroxyl groups excluding tert-OH is 1. The smallest absolute Gasteiger partial charge is 0.0548 e. The Morgan fingerprint density at radius 3 is 1.22 bits per heavy atom. The summed E-state index contributed by atoms with van der Waals surface area (Å²) in [7, 11) is 0. The molecule has 0 spiro atoms. The van der Waals surface area contributed by atoms with Crippen molar-refractivity contribution in [2.24, 2.45) is 11.3 Å². The minimum absolute atomic E-state index is 0.0316. The second kappa shape index (κ2) is 25.0. The molecule has 1 saturated carbocycles. The van der Waals surface area contributed by atoms with Gasteiger partial charge in [0.25, 0.3) is 0 Å². The molecule has 1 heteroatoms. The molecule has 0 bridgehead atoms. The summed E-state index contributed by atoms with van der Waals surface area (Å²) in [6.07, 6.45) is 41.8. The minimum Gasteiger partial charge on any atom is -0.393 e. The molecule has 0 heterocycles. The molecule has 0 radical (unpaired) electrons. The number of unbranched alkanes of at least 4 members (excludes halogenated alkanes) is 21. The van der Waals surface area contributed by atoms with Gasteiger partial charge >= 0.3 is 0 Å². The predicted octanol–water partition coefficient (Wildman–Crippen LogP) is 12.7. The normalized spacial score (nSPS) is 19.5. The van der Waals surface area contributed by atoms with Gasteiger partial charge < -0.3 is 5.11 Å². The van der Waals surface area contributed by atoms with Gasteiger partial charge in [0.2, 0.25) is 0 Å². The van der Waals surface area contributed by atoms with Gasteiger partial charge in [-0.25, -0.2) is 0 Å². The summed E-state index contributed by atoms with van der Waals surface area (Å²) in [6.45, 7) is 6.93. The van der Waals surface area contributed by atoms with Crippen LogP contribution >= 0.6 is 0 Å². The van der Waals surface area contributed by atoms with Crippen molar-refractivity contribution >= 4 is 0 Å². The summed E-state index contributed by atoms with van der Waals surface area (Å²) >= 11 is 0. The first-order valence-electron chi connectivity index (χ1n) is 17.8. The Morgan fingerprint density at radius 2 is 0.811 bits per heavy atom. The third-order valence-electron chi connectivity index (χ3n) is 9.58.